The van der Waals surface area contributed by atoms with E-state index in [2.05, 4.69) is 481 Å². The topological polar surface area (TPSA) is 12.9 Å². The van der Waals surface area contributed by atoms with Crippen LogP contribution in [0.2, 0.25) is 0 Å². The van der Waals surface area contributed by atoms with Crippen molar-refractivity contribution in [3.63, 3.8) is 0 Å². The molecular formula is C120H123N. The van der Waals surface area contributed by atoms with Crippen LogP contribution in [0.5, 0.6) is 0 Å². The van der Waals surface area contributed by atoms with Gasteiger partial charge in [0.25, 0.3) is 0 Å². The van der Waals surface area contributed by atoms with Crippen LogP contribution in [0.1, 0.15) is 210 Å². The molecule has 1 nitrogen and oxygen atoms in total. The Kier molecular flexibility index (Phi) is 22.7. The molecule has 121 heavy (non-hydrogen) atoms. The third-order valence-corrected chi connectivity index (χ3v) is 24.8. The van der Waals surface area contributed by atoms with Gasteiger partial charge in [0.2, 0.25) is 0 Å². The molecule has 0 fully saturated rings. The SMILES string of the molecule is CC(C)c1ccc(-c2cc(-c3ccc(C(C)(C)C)cc3)cc(-c3cc(-c4cncc(-c5cc(-c6cc(-c7ccc(C(C)(C)C)cc7)cc(-c7ccc(C(C)(C)C)cc7)c6)cc(-c6cc(-c7ccc(C(C)(C)C)cc7)cc(-c7ccc(C(C)(C)C)cc7)c6)c5)c4)cc(-c4cc(-c5ccc(C(C)(C)C)cc5)cc(-c5ccc(C(C)(C)C)cc5)c4)c3)c2)cc1. The van der Waals surface area contributed by atoms with Gasteiger partial charge in [0, 0.05) is 23.5 Å². The minimum atomic E-state index is 0.00338. The summed E-state index contributed by atoms with van der Waals surface area (Å²) < 4.78 is 0. The Morgan fingerprint density at radius 3 is 0.372 bits per heavy atom. The molecule has 0 saturated carbocycles. The summed E-state index contributed by atoms with van der Waals surface area (Å²) in [6.45, 7) is 52.8. The second kappa shape index (κ2) is 32.7. The van der Waals surface area contributed by atoms with Gasteiger partial charge in [0.1, 0.15) is 0 Å². The first-order valence-corrected chi connectivity index (χ1v) is 43.8. The lowest BCUT2D eigenvalue weighted by Crippen LogP contribution is -2.10. The zero-order chi connectivity index (χ0) is 86.0. The number of pyridine rings is 1. The minimum absolute atomic E-state index is 0.00338. The lowest BCUT2D eigenvalue weighted by Gasteiger charge is -2.21. The third kappa shape index (κ3) is 19.2. The van der Waals surface area contributed by atoms with Crippen LogP contribution in [0, 0.1) is 0 Å². The Morgan fingerprint density at radius 1 is 0.140 bits per heavy atom. The van der Waals surface area contributed by atoms with Crippen LogP contribution in [0.15, 0.2) is 322 Å². The van der Waals surface area contributed by atoms with Crippen LogP contribution >= 0.6 is 0 Å². The fraction of sp³-hybridized carbons (Fsp3) is 0.258. The highest BCUT2D eigenvalue weighted by molar-refractivity contribution is 5.93. The first-order valence-electron chi connectivity index (χ1n) is 43.8. The van der Waals surface area contributed by atoms with Crippen LogP contribution < -0.4 is 0 Å². The molecule has 0 bridgehead atoms. The molecule has 0 saturated heterocycles. The summed E-state index contributed by atoms with van der Waals surface area (Å²) in [4.78, 5) is 5.37. The van der Waals surface area contributed by atoms with Crippen molar-refractivity contribution in [2.75, 3.05) is 0 Å². The van der Waals surface area contributed by atoms with E-state index in [0.29, 0.717) is 5.92 Å². The molecule has 0 amide bonds. The third-order valence-electron chi connectivity index (χ3n) is 24.8. The van der Waals surface area contributed by atoms with Gasteiger partial charge >= 0.3 is 0 Å². The first kappa shape index (κ1) is 84.3. The lowest BCUT2D eigenvalue weighted by atomic mass is 9.84. The number of hydrogen-bond donors (Lipinski definition) is 0. The molecule has 0 N–H and O–H groups in total. The van der Waals surface area contributed by atoms with Gasteiger partial charge in [0.15, 0.2) is 0 Å². The standard InChI is InChI=1S/C120H123N/c1-77(2)78-24-26-79(27-25-78)87-56-88(80-28-42-107(43-29-80)114(3,4)5)61-95(60-87)99-68-100(96-62-89(81-30-44-108(45-31-81)115(6,7)8)57-90(63-96)82-32-46-109(47-33-82)116(9,10)11)71-103(70-99)105-74-106(76-121-75-105)104-72-101(97-64-91(83-34-48-110(49-35-83)117(12,13)14)58-92(65-97)84-36-50-111(51-37-84)118(15,16)17)69-102(73-104)98-66-93(85-38-52-112(53-39-85)119(18,19)20)59-94(67-98)86-40-54-113(55-41-86)120(21,22)23/h24-77H,1-23H3. The first-order chi connectivity index (χ1) is 57.1. The van der Waals surface area contributed by atoms with E-state index >= 15 is 0 Å². The molecule has 0 radical (unpaired) electrons. The van der Waals surface area contributed by atoms with Crippen LogP contribution in [-0.2, 0) is 37.9 Å². The lowest BCUT2D eigenvalue weighted by molar-refractivity contribution is 0.590. The van der Waals surface area contributed by atoms with Gasteiger partial charge in [-0.3, -0.25) is 4.98 Å². The van der Waals surface area contributed by atoms with Gasteiger partial charge in [-0.15, -0.1) is 0 Å². The summed E-state index contributed by atoms with van der Waals surface area (Å²) in [5.41, 5.74) is 42.3. The molecule has 0 aliphatic carbocycles. The van der Waals surface area contributed by atoms with Gasteiger partial charge in [-0.05, 0) is 348 Å². The molecular weight excluding hydrogens is 1460 g/mol. The Balaban J connectivity index is 0.981. The monoisotopic (exact) mass is 1580 g/mol. The second-order valence-electron chi connectivity index (χ2n) is 41.8. The molecule has 0 unspecified atom stereocenters. The minimum Gasteiger partial charge on any atom is -0.263 e. The molecule has 1 aromatic heterocycles. The molecule has 14 aromatic carbocycles. The van der Waals surface area contributed by atoms with Crippen molar-refractivity contribution < 1.29 is 0 Å². The molecule has 0 aliphatic heterocycles. The van der Waals surface area contributed by atoms with Crippen molar-refractivity contribution in [1.82, 2.24) is 4.98 Å². The summed E-state index contributed by atoms with van der Waals surface area (Å²) in [6.07, 6.45) is 4.16. The normalized spacial score (nSPS) is 12.5. The predicted octanol–water partition coefficient (Wildman–Crippen LogP) is 34.6. The van der Waals surface area contributed by atoms with Gasteiger partial charge in [0.05, 0.1) is 0 Å². The second-order valence-corrected chi connectivity index (χ2v) is 41.8. The Morgan fingerprint density at radius 2 is 0.248 bits per heavy atom. The molecule has 15 rings (SSSR count). The number of nitrogens with zero attached hydrogens (tertiary/aromatic N) is 1. The fourth-order valence-corrected chi connectivity index (χ4v) is 16.7. The predicted molar refractivity (Wildman–Crippen MR) is 525 cm³/mol. The number of hydrogen-bond acceptors (Lipinski definition) is 1. The summed E-state index contributed by atoms with van der Waals surface area (Å²) in [5.74, 6) is 0.410. The molecule has 0 aliphatic rings. The van der Waals surface area contributed by atoms with E-state index in [1.165, 1.54) is 94.6 Å². The zero-order valence-electron chi connectivity index (χ0n) is 76.1. The molecule has 608 valence electrons. The van der Waals surface area contributed by atoms with Crippen molar-refractivity contribution in [3.05, 3.63) is 366 Å². The maximum absolute atomic E-state index is 5.37. The fourth-order valence-electron chi connectivity index (χ4n) is 16.7. The maximum Gasteiger partial charge on any atom is 0.0346 e. The van der Waals surface area contributed by atoms with E-state index in [9.17, 15) is 0 Å². The number of aromatic nitrogens is 1. The van der Waals surface area contributed by atoms with Crippen LogP contribution in [0.3, 0.4) is 0 Å². The number of benzene rings is 14. The average molecular weight is 1580 g/mol. The molecule has 1 heterocycles. The maximum atomic E-state index is 5.37. The highest BCUT2D eigenvalue weighted by atomic mass is 14.6. The Bertz CT molecular complexity index is 5830. The van der Waals surface area contributed by atoms with Crippen molar-refractivity contribution in [2.45, 2.75) is 203 Å². The Hall–Kier alpha value is -11.8. The van der Waals surface area contributed by atoms with Crippen molar-refractivity contribution in [2.24, 2.45) is 0 Å². The van der Waals surface area contributed by atoms with Crippen LogP contribution in [0.4, 0.5) is 0 Å². The zero-order valence-corrected chi connectivity index (χ0v) is 76.1. The van der Waals surface area contributed by atoms with E-state index in [0.717, 1.165) is 106 Å². The van der Waals surface area contributed by atoms with E-state index in [1.54, 1.807) is 0 Å². The van der Waals surface area contributed by atoms with Crippen molar-refractivity contribution >= 4 is 0 Å². The van der Waals surface area contributed by atoms with Gasteiger partial charge in [-0.1, -0.05) is 353 Å². The van der Waals surface area contributed by atoms with Crippen molar-refractivity contribution in [3.8, 4) is 156 Å². The van der Waals surface area contributed by atoms with E-state index in [4.69, 9.17) is 4.98 Å². The number of rotatable bonds is 15. The van der Waals surface area contributed by atoms with E-state index < -0.39 is 0 Å². The molecule has 0 atom stereocenters. The summed E-state index contributed by atoms with van der Waals surface area (Å²) in [6, 6.07) is 120. The summed E-state index contributed by atoms with van der Waals surface area (Å²) >= 11 is 0. The highest BCUT2D eigenvalue weighted by Gasteiger charge is 2.25. The van der Waals surface area contributed by atoms with Gasteiger partial charge < -0.3 is 0 Å². The Labute approximate surface area is 725 Å². The average Bonchev–Trinajstić information content (AvgIpc) is 0.773. The van der Waals surface area contributed by atoms with Crippen LogP contribution in [0.25, 0.3) is 156 Å². The van der Waals surface area contributed by atoms with Crippen LogP contribution in [-0.4, -0.2) is 4.98 Å². The molecule has 15 aromatic rings. The molecule has 1 heteroatoms. The van der Waals surface area contributed by atoms with E-state index in [-0.39, 0.29) is 37.9 Å². The highest BCUT2D eigenvalue weighted by Crippen LogP contribution is 2.46. The van der Waals surface area contributed by atoms with Gasteiger partial charge in [-0.25, -0.2) is 0 Å². The van der Waals surface area contributed by atoms with E-state index in [1.807, 2.05) is 0 Å². The smallest absolute Gasteiger partial charge is 0.0346 e. The van der Waals surface area contributed by atoms with Gasteiger partial charge in [-0.2, -0.15) is 0 Å². The summed E-state index contributed by atoms with van der Waals surface area (Å²) in [7, 11) is 0. The summed E-state index contributed by atoms with van der Waals surface area (Å²) in [5, 5.41) is 0. The van der Waals surface area contributed by atoms with Crippen molar-refractivity contribution in [1.29, 1.82) is 0 Å². The molecule has 0 spiro atoms. The largest absolute Gasteiger partial charge is 0.263 e. The quantitative estimate of drug-likeness (QED) is 0.0997.